The van der Waals surface area contributed by atoms with E-state index < -0.39 is 20.8 Å². The summed E-state index contributed by atoms with van der Waals surface area (Å²) >= 11 is 0. The van der Waals surface area contributed by atoms with E-state index in [0.29, 0.717) is 0 Å². The molecule has 0 N–H and O–H groups in total. The molecule has 0 aromatic heterocycles. The van der Waals surface area contributed by atoms with E-state index in [1.165, 1.54) is 48.5 Å². The third kappa shape index (κ3) is 8.52. The van der Waals surface area contributed by atoms with Crippen LogP contribution >= 0.6 is 0 Å². The van der Waals surface area contributed by atoms with Gasteiger partial charge in [0, 0.05) is 0 Å². The Morgan fingerprint density at radius 3 is 1.17 bits per heavy atom. The fourth-order valence-electron chi connectivity index (χ4n) is 1.32. The summed E-state index contributed by atoms with van der Waals surface area (Å²) in [6.45, 7) is 0. The Kier molecular flexibility index (Phi) is 9.98. The molecule has 0 radical (unpaired) electrons. The summed E-state index contributed by atoms with van der Waals surface area (Å²) in [6, 6.07) is 14.6. The van der Waals surface area contributed by atoms with Gasteiger partial charge in [-0.25, -0.2) is 0 Å². The Morgan fingerprint density at radius 2 is 0.870 bits per heavy atom. The van der Waals surface area contributed by atoms with E-state index in [2.05, 4.69) is 12.0 Å². The average molecular weight is 378 g/mol. The van der Waals surface area contributed by atoms with E-state index >= 15 is 0 Å². The molecule has 2 aromatic rings. The Labute approximate surface area is 179 Å². The molecule has 0 amide bonds. The standard InChI is InChI=1S/C12H10O7S2.2Na.2H/c13-20(14,17-11-7-3-1-4-8-11)19-21(15,16)18-12-9-5-2-6-10-12;;;;/h1-10H;;;;. The molecule has 2 aromatic carbocycles. The number of hydrogen-bond acceptors (Lipinski definition) is 7. The zero-order valence-electron chi connectivity index (χ0n) is 10.4. The number of para-hydroxylation sites is 2. The molecule has 0 fully saturated rings. The van der Waals surface area contributed by atoms with Crippen LogP contribution in [0.1, 0.15) is 0 Å². The molecule has 0 aliphatic rings. The first-order valence-corrected chi connectivity index (χ1v) is 8.23. The average Bonchev–Trinajstić information content (AvgIpc) is 2.38. The van der Waals surface area contributed by atoms with E-state index in [1.807, 2.05) is 0 Å². The minimum atomic E-state index is -4.83. The number of benzene rings is 2. The first kappa shape index (κ1) is 22.9. The first-order valence-electron chi connectivity index (χ1n) is 5.56. The summed E-state index contributed by atoms with van der Waals surface area (Å²) in [4.78, 5) is 0. The molecule has 116 valence electrons. The SMILES string of the molecule is O=S(=O)(Oc1ccccc1)OS(=O)(=O)Oc1ccccc1.[NaH].[NaH]. The van der Waals surface area contributed by atoms with Crippen LogP contribution in [0, 0.1) is 0 Å². The van der Waals surface area contributed by atoms with Crippen molar-refractivity contribution in [2.75, 3.05) is 0 Å². The van der Waals surface area contributed by atoms with Crippen LogP contribution in [0.3, 0.4) is 0 Å². The van der Waals surface area contributed by atoms with Crippen LogP contribution in [0.2, 0.25) is 0 Å². The van der Waals surface area contributed by atoms with Gasteiger partial charge in [0.15, 0.2) is 0 Å². The zero-order chi connectivity index (χ0) is 15.3. The predicted molar refractivity (Wildman–Crippen MR) is 87.4 cm³/mol. The van der Waals surface area contributed by atoms with Gasteiger partial charge in [0.05, 0.1) is 0 Å². The molecule has 7 nitrogen and oxygen atoms in total. The van der Waals surface area contributed by atoms with Crippen LogP contribution in [0.5, 0.6) is 11.5 Å². The van der Waals surface area contributed by atoms with Crippen LogP contribution in [-0.4, -0.2) is 76.0 Å². The van der Waals surface area contributed by atoms with Crippen molar-refractivity contribution in [1.29, 1.82) is 0 Å². The van der Waals surface area contributed by atoms with Gasteiger partial charge >= 0.3 is 79.9 Å². The number of hydrogen-bond donors (Lipinski definition) is 0. The Morgan fingerprint density at radius 1 is 0.565 bits per heavy atom. The van der Waals surface area contributed by atoms with Gasteiger partial charge in [-0.2, -0.15) is 16.8 Å². The predicted octanol–water partition coefficient (Wildman–Crippen LogP) is 0.354. The molecule has 0 aliphatic heterocycles. The van der Waals surface area contributed by atoms with Crippen molar-refractivity contribution in [2.45, 2.75) is 0 Å². The zero-order valence-corrected chi connectivity index (χ0v) is 12.1. The van der Waals surface area contributed by atoms with E-state index in [-0.39, 0.29) is 70.6 Å². The third-order valence-corrected chi connectivity index (χ3v) is 4.18. The van der Waals surface area contributed by atoms with Gasteiger partial charge in [-0.1, -0.05) is 40.0 Å². The third-order valence-electron chi connectivity index (χ3n) is 2.05. The summed E-state index contributed by atoms with van der Waals surface area (Å²) in [7, 11) is -9.65. The maximum absolute atomic E-state index is 11.5. The fraction of sp³-hybridized carbons (Fsp3) is 0. The summed E-state index contributed by atoms with van der Waals surface area (Å²) in [5, 5.41) is 0. The van der Waals surface area contributed by atoms with Crippen LogP contribution in [0.15, 0.2) is 60.7 Å². The van der Waals surface area contributed by atoms with Gasteiger partial charge in [0.2, 0.25) is 0 Å². The van der Waals surface area contributed by atoms with Crippen molar-refractivity contribution >= 4 is 79.9 Å². The number of rotatable bonds is 6. The van der Waals surface area contributed by atoms with Crippen molar-refractivity contribution in [1.82, 2.24) is 0 Å². The Hall–Kier alpha value is -0.1000. The van der Waals surface area contributed by atoms with Crippen molar-refractivity contribution in [3.63, 3.8) is 0 Å². The fourth-order valence-corrected chi connectivity index (χ4v) is 3.05. The van der Waals surface area contributed by atoms with Crippen LogP contribution < -0.4 is 8.37 Å². The van der Waals surface area contributed by atoms with Gasteiger partial charge in [0.25, 0.3) is 0 Å². The molecule has 0 heterocycles. The summed E-state index contributed by atoms with van der Waals surface area (Å²) in [5.41, 5.74) is 0. The van der Waals surface area contributed by atoms with Crippen LogP contribution in [0.4, 0.5) is 0 Å². The summed E-state index contributed by atoms with van der Waals surface area (Å²) < 4.78 is 58.9. The normalized spacial score (nSPS) is 10.8. The van der Waals surface area contributed by atoms with Gasteiger partial charge < -0.3 is 8.37 Å². The molecular weight excluding hydrogens is 366 g/mol. The summed E-state index contributed by atoms with van der Waals surface area (Å²) in [6.07, 6.45) is 0. The van der Waals surface area contributed by atoms with E-state index in [1.54, 1.807) is 12.1 Å². The first-order chi connectivity index (χ1) is 9.86. The second-order valence-electron chi connectivity index (χ2n) is 3.68. The molecule has 0 bridgehead atoms. The summed E-state index contributed by atoms with van der Waals surface area (Å²) in [5.74, 6) is -0.181. The second-order valence-corrected chi connectivity index (χ2v) is 6.19. The second kappa shape index (κ2) is 10.0. The molecule has 0 saturated carbocycles. The Balaban J connectivity index is 0.00000242. The van der Waals surface area contributed by atoms with Crippen LogP contribution in [-0.2, 0) is 24.4 Å². The minimum absolute atomic E-state index is 0. The van der Waals surface area contributed by atoms with Crippen molar-refractivity contribution in [3.8, 4) is 11.5 Å². The van der Waals surface area contributed by atoms with Gasteiger partial charge in [-0.15, -0.1) is 0 Å². The van der Waals surface area contributed by atoms with E-state index in [9.17, 15) is 16.8 Å². The molecule has 2 rings (SSSR count). The molecule has 0 spiro atoms. The van der Waals surface area contributed by atoms with E-state index in [4.69, 9.17) is 0 Å². The van der Waals surface area contributed by atoms with Crippen molar-refractivity contribution in [2.24, 2.45) is 0 Å². The van der Waals surface area contributed by atoms with Crippen LogP contribution in [0.25, 0.3) is 0 Å². The molecule has 23 heavy (non-hydrogen) atoms. The molecule has 11 heteroatoms. The quantitative estimate of drug-likeness (QED) is 0.670. The molecule has 0 saturated heterocycles. The monoisotopic (exact) mass is 378 g/mol. The maximum atomic E-state index is 11.5. The molecular formula is C12H12Na2O7S2. The van der Waals surface area contributed by atoms with Gasteiger partial charge in [-0.05, 0) is 24.3 Å². The van der Waals surface area contributed by atoms with E-state index in [0.717, 1.165) is 0 Å². The molecule has 0 atom stereocenters. The molecule has 0 unspecified atom stereocenters. The Bertz CT molecular complexity index is 724. The van der Waals surface area contributed by atoms with Crippen molar-refractivity contribution in [3.05, 3.63) is 60.7 Å². The van der Waals surface area contributed by atoms with Gasteiger partial charge in [0.1, 0.15) is 11.5 Å². The van der Waals surface area contributed by atoms with Crippen molar-refractivity contribution < 1.29 is 28.8 Å². The molecule has 0 aliphatic carbocycles. The topological polar surface area (TPSA) is 96.0 Å². The van der Waals surface area contributed by atoms with Gasteiger partial charge in [-0.3, -0.25) is 0 Å².